The van der Waals surface area contributed by atoms with E-state index in [4.69, 9.17) is 4.74 Å². The lowest BCUT2D eigenvalue weighted by molar-refractivity contribution is -0.150. The molecule has 0 heterocycles. The van der Waals surface area contributed by atoms with Gasteiger partial charge in [-0.2, -0.15) is 0 Å². The molecule has 6 heteroatoms. The molecule has 2 N–H and O–H groups in total. The number of aliphatic hydroxyl groups is 1. The average Bonchev–Trinajstić information content (AvgIpc) is 2.76. The van der Waals surface area contributed by atoms with Crippen molar-refractivity contribution in [3.8, 4) is 0 Å². The maximum Gasteiger partial charge on any atom is 0.246 e. The normalized spacial score (nSPS) is 33.1. The van der Waals surface area contributed by atoms with E-state index in [-0.39, 0.29) is 53.5 Å². The molecule has 2 aliphatic carbocycles. The van der Waals surface area contributed by atoms with Gasteiger partial charge in [-0.3, -0.25) is 9.59 Å². The van der Waals surface area contributed by atoms with Crippen LogP contribution < -0.4 is 5.32 Å². The third-order valence-electron chi connectivity index (χ3n) is 8.18. The first-order valence-corrected chi connectivity index (χ1v) is 11.9. The monoisotopic (exact) mass is 444 g/mol. The van der Waals surface area contributed by atoms with Crippen molar-refractivity contribution >= 4 is 11.8 Å². The van der Waals surface area contributed by atoms with E-state index in [0.29, 0.717) is 6.54 Å². The van der Waals surface area contributed by atoms with Gasteiger partial charge in [0.15, 0.2) is 0 Å². The number of fused-ring (bicyclic) bond motifs is 1. The summed E-state index contributed by atoms with van der Waals surface area (Å²) in [5.74, 6) is -0.168. The Kier molecular flexibility index (Phi) is 7.99. The summed E-state index contributed by atoms with van der Waals surface area (Å²) in [7, 11) is 3.36. The van der Waals surface area contributed by atoms with E-state index in [0.717, 1.165) is 31.2 Å². The highest BCUT2D eigenvalue weighted by atomic mass is 16.5. The summed E-state index contributed by atoms with van der Waals surface area (Å²) < 4.78 is 4.96. The predicted molar refractivity (Wildman–Crippen MR) is 125 cm³/mol. The van der Waals surface area contributed by atoms with Crippen LogP contribution in [0, 0.1) is 29.1 Å². The van der Waals surface area contributed by atoms with Gasteiger partial charge < -0.3 is 20.1 Å². The topological polar surface area (TPSA) is 78.9 Å². The number of hydrogen-bond donors (Lipinski definition) is 2. The molecule has 0 aromatic heterocycles. The summed E-state index contributed by atoms with van der Waals surface area (Å²) in [6, 6.07) is 10.0. The predicted octanol–water partition coefficient (Wildman–Crippen LogP) is 3.24. The molecule has 0 saturated heterocycles. The second-order valence-electron chi connectivity index (χ2n) is 10.3. The standard InChI is InChI=1S/C26H40N2O4/c1-17(25(31)28(4)15-19-9-7-6-8-10-19)20-11-13-26(3)14-12-21(27-22(29)16-32-5)18(2)23(26)24(20)30/h6-10,17-18,20-21,23-24,30H,11-16H2,1-5H3,(H,27,29)/t17-,18-,20-,21-,23+,24-,26+/m0/s1. The van der Waals surface area contributed by atoms with Crippen molar-refractivity contribution < 1.29 is 19.4 Å². The molecule has 1 aromatic carbocycles. The summed E-state index contributed by atoms with van der Waals surface area (Å²) >= 11 is 0. The van der Waals surface area contributed by atoms with Gasteiger partial charge in [-0.05, 0) is 54.4 Å². The number of methoxy groups -OCH3 is 1. The van der Waals surface area contributed by atoms with E-state index in [1.165, 1.54) is 7.11 Å². The fourth-order valence-electron chi connectivity index (χ4n) is 6.34. The maximum absolute atomic E-state index is 13.2. The van der Waals surface area contributed by atoms with Crippen molar-refractivity contribution in [1.82, 2.24) is 10.2 Å². The van der Waals surface area contributed by atoms with Crippen LogP contribution in [-0.2, 0) is 20.9 Å². The highest BCUT2D eigenvalue weighted by Crippen LogP contribution is 2.55. The van der Waals surface area contributed by atoms with Gasteiger partial charge in [-0.1, -0.05) is 51.1 Å². The zero-order valence-electron chi connectivity index (χ0n) is 20.2. The van der Waals surface area contributed by atoms with Crippen LogP contribution in [0.5, 0.6) is 0 Å². The number of benzene rings is 1. The number of rotatable bonds is 7. The van der Waals surface area contributed by atoms with E-state index in [1.54, 1.807) is 4.90 Å². The van der Waals surface area contributed by atoms with Gasteiger partial charge in [-0.15, -0.1) is 0 Å². The van der Waals surface area contributed by atoms with Gasteiger partial charge in [0.1, 0.15) is 6.61 Å². The zero-order chi connectivity index (χ0) is 23.5. The third kappa shape index (κ3) is 5.18. The first-order chi connectivity index (χ1) is 15.2. The van der Waals surface area contributed by atoms with Crippen molar-refractivity contribution in [3.63, 3.8) is 0 Å². The van der Waals surface area contributed by atoms with Gasteiger partial charge in [0.05, 0.1) is 6.10 Å². The van der Waals surface area contributed by atoms with Crippen LogP contribution in [0.3, 0.4) is 0 Å². The molecular weight excluding hydrogens is 404 g/mol. The lowest BCUT2D eigenvalue weighted by Crippen LogP contribution is -2.58. The number of hydrogen-bond acceptors (Lipinski definition) is 4. The van der Waals surface area contributed by atoms with E-state index in [9.17, 15) is 14.7 Å². The molecule has 0 bridgehead atoms. The number of nitrogens with one attached hydrogen (secondary N) is 1. The second-order valence-corrected chi connectivity index (χ2v) is 10.3. The highest BCUT2D eigenvalue weighted by Gasteiger charge is 2.54. The summed E-state index contributed by atoms with van der Waals surface area (Å²) in [4.78, 5) is 27.1. The van der Waals surface area contributed by atoms with Gasteiger partial charge in [0, 0.05) is 32.7 Å². The zero-order valence-corrected chi connectivity index (χ0v) is 20.2. The van der Waals surface area contributed by atoms with Crippen LogP contribution in [0.2, 0.25) is 0 Å². The highest BCUT2D eigenvalue weighted by molar-refractivity contribution is 5.78. The Hall–Kier alpha value is -1.92. The van der Waals surface area contributed by atoms with Crippen LogP contribution >= 0.6 is 0 Å². The fraction of sp³-hybridized carbons (Fsp3) is 0.692. The van der Waals surface area contributed by atoms with Crippen LogP contribution in [0.25, 0.3) is 0 Å². The number of carbonyl (C=O) groups excluding carboxylic acids is 2. The molecule has 0 spiro atoms. The molecule has 0 radical (unpaired) electrons. The van der Waals surface area contributed by atoms with Crippen molar-refractivity contribution in [3.05, 3.63) is 35.9 Å². The Labute approximate surface area is 192 Å². The second kappa shape index (κ2) is 10.3. The molecular formula is C26H40N2O4. The van der Waals surface area contributed by atoms with Gasteiger partial charge in [-0.25, -0.2) is 0 Å². The van der Waals surface area contributed by atoms with Crippen molar-refractivity contribution in [1.29, 1.82) is 0 Å². The van der Waals surface area contributed by atoms with E-state index in [1.807, 2.05) is 44.3 Å². The molecule has 2 saturated carbocycles. The molecule has 32 heavy (non-hydrogen) atoms. The SMILES string of the molecule is COCC(=O)N[C@H]1CC[C@@]2(C)CC[C@@H]([C@H](C)C(=O)N(C)Cc3ccccc3)[C@H](O)[C@H]2[C@H]1C. The molecule has 0 unspecified atom stereocenters. The molecule has 2 amide bonds. The number of nitrogens with zero attached hydrogens (tertiary/aromatic N) is 1. The maximum atomic E-state index is 13.2. The van der Waals surface area contributed by atoms with E-state index < -0.39 is 6.10 Å². The molecule has 2 fully saturated rings. The number of amides is 2. The Balaban J connectivity index is 1.70. The lowest BCUT2D eigenvalue weighted by Gasteiger charge is -2.56. The van der Waals surface area contributed by atoms with Gasteiger partial charge in [0.2, 0.25) is 11.8 Å². The molecule has 1 aromatic rings. The Bertz CT molecular complexity index is 785. The Morgan fingerprint density at radius 2 is 1.91 bits per heavy atom. The summed E-state index contributed by atoms with van der Waals surface area (Å²) in [5.41, 5.74) is 1.14. The molecule has 0 aliphatic heterocycles. The summed E-state index contributed by atoms with van der Waals surface area (Å²) in [5, 5.41) is 14.6. The smallest absolute Gasteiger partial charge is 0.246 e. The minimum Gasteiger partial charge on any atom is -0.392 e. The first-order valence-electron chi connectivity index (χ1n) is 11.9. The number of aliphatic hydroxyl groups excluding tert-OH is 1. The Morgan fingerprint density at radius 1 is 1.25 bits per heavy atom. The quantitative estimate of drug-likeness (QED) is 0.677. The van der Waals surface area contributed by atoms with E-state index in [2.05, 4.69) is 19.2 Å². The molecule has 178 valence electrons. The largest absolute Gasteiger partial charge is 0.392 e. The molecule has 6 nitrogen and oxygen atoms in total. The molecule has 3 rings (SSSR count). The number of ether oxygens (including phenoxy) is 1. The summed E-state index contributed by atoms with van der Waals surface area (Å²) in [6.07, 6.45) is 3.18. The number of carbonyl (C=O) groups is 2. The van der Waals surface area contributed by atoms with Crippen LogP contribution in [0.1, 0.15) is 52.0 Å². The van der Waals surface area contributed by atoms with Crippen molar-refractivity contribution in [2.45, 2.75) is 65.1 Å². The van der Waals surface area contributed by atoms with Gasteiger partial charge in [0.25, 0.3) is 0 Å². The minimum absolute atomic E-state index is 0.0240. The first kappa shape index (κ1) is 24.7. The van der Waals surface area contributed by atoms with Crippen molar-refractivity contribution in [2.24, 2.45) is 29.1 Å². The Morgan fingerprint density at radius 3 is 2.56 bits per heavy atom. The molecule has 2 aliphatic rings. The molecule has 7 atom stereocenters. The summed E-state index contributed by atoms with van der Waals surface area (Å²) in [6.45, 7) is 6.99. The van der Waals surface area contributed by atoms with E-state index >= 15 is 0 Å². The van der Waals surface area contributed by atoms with Crippen LogP contribution in [0.4, 0.5) is 0 Å². The lowest BCUT2D eigenvalue weighted by atomic mass is 9.51. The van der Waals surface area contributed by atoms with Crippen molar-refractivity contribution in [2.75, 3.05) is 20.8 Å². The van der Waals surface area contributed by atoms with Crippen LogP contribution in [-0.4, -0.2) is 54.7 Å². The fourth-order valence-corrected chi connectivity index (χ4v) is 6.34. The average molecular weight is 445 g/mol. The van der Waals surface area contributed by atoms with Crippen LogP contribution in [0.15, 0.2) is 30.3 Å². The third-order valence-corrected chi connectivity index (χ3v) is 8.18. The van der Waals surface area contributed by atoms with Gasteiger partial charge >= 0.3 is 0 Å². The minimum atomic E-state index is -0.560.